The molecule has 0 atom stereocenters. The predicted octanol–water partition coefficient (Wildman–Crippen LogP) is 3.45. The first-order valence-electron chi connectivity index (χ1n) is 10.1. The van der Waals surface area contributed by atoms with Gasteiger partial charge >= 0.3 is 0 Å². The number of nitrogens with one attached hydrogen (secondary N) is 2. The molecule has 0 saturated carbocycles. The van der Waals surface area contributed by atoms with Crippen LogP contribution in [-0.4, -0.2) is 50.7 Å². The SMILES string of the molecule is CCN(CC)CCNCc1ccc(OCC(=O)Nc2ccc(C)cc2)c(OC)c1. The van der Waals surface area contributed by atoms with E-state index in [1.807, 2.05) is 49.4 Å². The molecule has 0 heterocycles. The molecule has 0 spiro atoms. The maximum absolute atomic E-state index is 12.1. The number of anilines is 1. The molecule has 6 heteroatoms. The van der Waals surface area contributed by atoms with Crippen LogP contribution in [0.3, 0.4) is 0 Å². The van der Waals surface area contributed by atoms with E-state index in [2.05, 4.69) is 29.4 Å². The van der Waals surface area contributed by atoms with E-state index in [0.29, 0.717) is 11.5 Å². The lowest BCUT2D eigenvalue weighted by molar-refractivity contribution is -0.118. The van der Waals surface area contributed by atoms with Crippen molar-refractivity contribution in [2.75, 3.05) is 45.2 Å². The zero-order chi connectivity index (χ0) is 21.1. The Morgan fingerprint density at radius 2 is 1.76 bits per heavy atom. The van der Waals surface area contributed by atoms with Crippen molar-refractivity contribution in [3.05, 3.63) is 53.6 Å². The first-order valence-corrected chi connectivity index (χ1v) is 10.1. The monoisotopic (exact) mass is 399 g/mol. The minimum absolute atomic E-state index is 0.0777. The Kier molecular flexibility index (Phi) is 9.47. The first-order chi connectivity index (χ1) is 14.0. The van der Waals surface area contributed by atoms with Gasteiger partial charge in [0.05, 0.1) is 7.11 Å². The third-order valence-electron chi connectivity index (χ3n) is 4.75. The molecule has 1 amide bonds. The minimum atomic E-state index is -0.210. The van der Waals surface area contributed by atoms with Crippen LogP contribution < -0.4 is 20.1 Å². The third-order valence-corrected chi connectivity index (χ3v) is 4.75. The van der Waals surface area contributed by atoms with Crippen LogP contribution in [0.25, 0.3) is 0 Å². The molecule has 6 nitrogen and oxygen atoms in total. The van der Waals surface area contributed by atoms with Crippen LogP contribution in [0, 0.1) is 6.92 Å². The highest BCUT2D eigenvalue weighted by Crippen LogP contribution is 2.28. The Morgan fingerprint density at radius 1 is 1.03 bits per heavy atom. The van der Waals surface area contributed by atoms with Crippen LogP contribution in [0.15, 0.2) is 42.5 Å². The fraction of sp³-hybridized carbons (Fsp3) is 0.435. The summed E-state index contributed by atoms with van der Waals surface area (Å²) in [5, 5.41) is 6.27. The number of hydrogen-bond acceptors (Lipinski definition) is 5. The van der Waals surface area contributed by atoms with Gasteiger partial charge in [-0.15, -0.1) is 0 Å². The molecular weight excluding hydrogens is 366 g/mol. The van der Waals surface area contributed by atoms with Crippen LogP contribution in [0.2, 0.25) is 0 Å². The summed E-state index contributed by atoms with van der Waals surface area (Å²) in [4.78, 5) is 14.5. The van der Waals surface area contributed by atoms with E-state index in [0.717, 1.165) is 49.5 Å². The molecule has 2 rings (SSSR count). The van der Waals surface area contributed by atoms with Gasteiger partial charge in [-0.05, 0) is 49.8 Å². The van der Waals surface area contributed by atoms with Gasteiger partial charge in [0.15, 0.2) is 18.1 Å². The Morgan fingerprint density at radius 3 is 2.41 bits per heavy atom. The van der Waals surface area contributed by atoms with Gasteiger partial charge in [-0.1, -0.05) is 37.6 Å². The Balaban J connectivity index is 1.83. The van der Waals surface area contributed by atoms with Gasteiger partial charge in [0.2, 0.25) is 0 Å². The van der Waals surface area contributed by atoms with Crippen molar-refractivity contribution < 1.29 is 14.3 Å². The summed E-state index contributed by atoms with van der Waals surface area (Å²) < 4.78 is 11.1. The van der Waals surface area contributed by atoms with Crippen molar-refractivity contribution in [2.45, 2.75) is 27.3 Å². The van der Waals surface area contributed by atoms with Gasteiger partial charge in [0, 0.05) is 25.3 Å². The summed E-state index contributed by atoms with van der Waals surface area (Å²) in [6.07, 6.45) is 0. The van der Waals surface area contributed by atoms with Crippen molar-refractivity contribution >= 4 is 11.6 Å². The molecule has 0 aliphatic carbocycles. The lowest BCUT2D eigenvalue weighted by Gasteiger charge is -2.18. The summed E-state index contributed by atoms with van der Waals surface area (Å²) in [7, 11) is 1.60. The zero-order valence-electron chi connectivity index (χ0n) is 18.0. The number of nitrogens with zero attached hydrogens (tertiary/aromatic N) is 1. The number of rotatable bonds is 12. The average Bonchev–Trinajstić information content (AvgIpc) is 2.74. The number of methoxy groups -OCH3 is 1. The summed E-state index contributed by atoms with van der Waals surface area (Å²) >= 11 is 0. The molecule has 158 valence electrons. The second-order valence-electron chi connectivity index (χ2n) is 6.89. The van der Waals surface area contributed by atoms with Crippen molar-refractivity contribution in [1.29, 1.82) is 0 Å². The molecule has 2 N–H and O–H groups in total. The molecule has 0 saturated heterocycles. The molecular formula is C23H33N3O3. The molecule has 0 fully saturated rings. The third kappa shape index (κ3) is 7.75. The standard InChI is InChI=1S/C23H33N3O3/c1-5-26(6-2)14-13-24-16-19-9-12-21(22(15-19)28-4)29-17-23(27)25-20-10-7-18(3)8-11-20/h7-12,15,24H,5-6,13-14,16-17H2,1-4H3,(H,25,27). The Labute approximate surface area is 174 Å². The molecule has 0 bridgehead atoms. The van der Waals surface area contributed by atoms with Crippen LogP contribution in [-0.2, 0) is 11.3 Å². The van der Waals surface area contributed by atoms with Crippen LogP contribution in [0.5, 0.6) is 11.5 Å². The van der Waals surface area contributed by atoms with E-state index >= 15 is 0 Å². The normalized spacial score (nSPS) is 10.8. The van der Waals surface area contributed by atoms with Gasteiger partial charge < -0.3 is 25.0 Å². The molecule has 29 heavy (non-hydrogen) atoms. The number of likely N-dealkylation sites (N-methyl/N-ethyl adjacent to an activating group) is 1. The highest BCUT2D eigenvalue weighted by Gasteiger charge is 2.09. The smallest absolute Gasteiger partial charge is 0.262 e. The molecule has 2 aromatic rings. The van der Waals surface area contributed by atoms with E-state index in [1.165, 1.54) is 0 Å². The highest BCUT2D eigenvalue weighted by molar-refractivity contribution is 5.91. The number of carbonyl (C=O) groups excluding carboxylic acids is 1. The van der Waals surface area contributed by atoms with Crippen molar-refractivity contribution in [3.63, 3.8) is 0 Å². The number of hydrogen-bond donors (Lipinski definition) is 2. The van der Waals surface area contributed by atoms with Crippen molar-refractivity contribution in [3.8, 4) is 11.5 Å². The van der Waals surface area contributed by atoms with E-state index in [1.54, 1.807) is 7.11 Å². The second-order valence-corrected chi connectivity index (χ2v) is 6.89. The molecule has 0 aromatic heterocycles. The molecule has 0 aliphatic rings. The summed E-state index contributed by atoms with van der Waals surface area (Å²) in [6, 6.07) is 13.4. The minimum Gasteiger partial charge on any atom is -0.493 e. The number of ether oxygens (including phenoxy) is 2. The number of aryl methyl sites for hydroxylation is 1. The van der Waals surface area contributed by atoms with Gasteiger partial charge in [-0.25, -0.2) is 0 Å². The van der Waals surface area contributed by atoms with E-state index in [4.69, 9.17) is 9.47 Å². The molecule has 0 aliphatic heterocycles. The van der Waals surface area contributed by atoms with Crippen molar-refractivity contribution in [1.82, 2.24) is 10.2 Å². The summed E-state index contributed by atoms with van der Waals surface area (Å²) in [5.41, 5.74) is 3.01. The summed E-state index contributed by atoms with van der Waals surface area (Å²) in [6.45, 7) is 11.1. The topological polar surface area (TPSA) is 62.8 Å². The quantitative estimate of drug-likeness (QED) is 0.535. The summed E-state index contributed by atoms with van der Waals surface area (Å²) in [5.74, 6) is 0.965. The average molecular weight is 400 g/mol. The van der Waals surface area contributed by atoms with Gasteiger partial charge in [-0.3, -0.25) is 4.79 Å². The van der Waals surface area contributed by atoms with Gasteiger partial charge in [-0.2, -0.15) is 0 Å². The molecule has 2 aromatic carbocycles. The van der Waals surface area contributed by atoms with Crippen LogP contribution in [0.1, 0.15) is 25.0 Å². The van der Waals surface area contributed by atoms with Crippen molar-refractivity contribution in [2.24, 2.45) is 0 Å². The molecule has 0 unspecified atom stereocenters. The van der Waals surface area contributed by atoms with Crippen LogP contribution >= 0.6 is 0 Å². The van der Waals surface area contributed by atoms with Crippen LogP contribution in [0.4, 0.5) is 5.69 Å². The zero-order valence-corrected chi connectivity index (χ0v) is 18.0. The second kappa shape index (κ2) is 12.1. The lowest BCUT2D eigenvalue weighted by atomic mass is 10.2. The van der Waals surface area contributed by atoms with Gasteiger partial charge in [0.1, 0.15) is 0 Å². The van der Waals surface area contributed by atoms with Gasteiger partial charge in [0.25, 0.3) is 5.91 Å². The number of benzene rings is 2. The van der Waals surface area contributed by atoms with E-state index < -0.39 is 0 Å². The number of carbonyl (C=O) groups is 1. The lowest BCUT2D eigenvalue weighted by Crippen LogP contribution is -2.31. The Hall–Kier alpha value is -2.57. The van der Waals surface area contributed by atoms with E-state index in [-0.39, 0.29) is 12.5 Å². The molecule has 0 radical (unpaired) electrons. The number of amides is 1. The largest absolute Gasteiger partial charge is 0.493 e. The highest BCUT2D eigenvalue weighted by atomic mass is 16.5. The maximum atomic E-state index is 12.1. The fourth-order valence-corrected chi connectivity index (χ4v) is 2.93. The van der Waals surface area contributed by atoms with E-state index in [9.17, 15) is 4.79 Å². The Bertz CT molecular complexity index is 758. The maximum Gasteiger partial charge on any atom is 0.262 e. The fourth-order valence-electron chi connectivity index (χ4n) is 2.93. The first kappa shape index (κ1) is 22.7. The predicted molar refractivity (Wildman–Crippen MR) is 118 cm³/mol.